The zero-order valence-corrected chi connectivity index (χ0v) is 34.3. The molecule has 4 N–H and O–H groups in total. The molecule has 0 aromatic heterocycles. The fourth-order valence-corrected chi connectivity index (χ4v) is 11.4. The number of benzene rings is 6. The molecule has 0 atom stereocenters. The van der Waals surface area contributed by atoms with Crippen LogP contribution in [0.25, 0.3) is 0 Å². The van der Waals surface area contributed by atoms with Crippen LogP contribution in [0.5, 0.6) is 0 Å². The quantitative estimate of drug-likeness (QED) is 0.118. The van der Waals surface area contributed by atoms with E-state index in [1.54, 1.807) is 0 Å². The van der Waals surface area contributed by atoms with Crippen molar-refractivity contribution in [2.45, 2.75) is 39.5 Å². The third kappa shape index (κ3) is 12.9. The van der Waals surface area contributed by atoms with Gasteiger partial charge in [0, 0.05) is 39.4 Å². The summed E-state index contributed by atoms with van der Waals surface area (Å²) >= 11 is 0. The van der Waals surface area contributed by atoms with E-state index in [1.165, 1.54) is 0 Å². The molecule has 0 saturated heterocycles. The molecule has 0 saturated carbocycles. The van der Waals surface area contributed by atoms with Crippen molar-refractivity contribution >= 4 is 47.8 Å². The minimum absolute atomic E-state index is 0. The van der Waals surface area contributed by atoms with Crippen LogP contribution in [0.3, 0.4) is 0 Å². The third-order valence-corrected chi connectivity index (χ3v) is 15.2. The fourth-order valence-electron chi connectivity index (χ4n) is 5.39. The predicted molar refractivity (Wildman–Crippen MR) is 216 cm³/mol. The Hall–Kier alpha value is -3.52. The van der Waals surface area contributed by atoms with Crippen LogP contribution in [0, 0.1) is 0 Å². The van der Waals surface area contributed by atoms with Crippen LogP contribution in [0.15, 0.2) is 182 Å². The fraction of sp³-hybridized carbons (Fsp3) is 0.182. The van der Waals surface area contributed by atoms with Gasteiger partial charge in [-0.05, 0) is 44.0 Å². The summed E-state index contributed by atoms with van der Waals surface area (Å²) < 4.78 is 0. The van der Waals surface area contributed by atoms with Crippen molar-refractivity contribution in [1.82, 2.24) is 0 Å². The summed E-state index contributed by atoms with van der Waals surface area (Å²) in [5.41, 5.74) is 0. The van der Waals surface area contributed by atoms with E-state index in [4.69, 9.17) is 10.2 Å². The molecule has 0 fully saturated rings. The van der Waals surface area contributed by atoms with E-state index in [2.05, 4.69) is 13.8 Å². The van der Waals surface area contributed by atoms with Gasteiger partial charge in [0.1, 0.15) is 0 Å². The maximum absolute atomic E-state index is 11.6. The van der Waals surface area contributed by atoms with Gasteiger partial charge in [-0.25, -0.2) is 0 Å². The molecule has 264 valence electrons. The SMILES string of the molecule is CCCCO.CCCCO.O[Si](c1ccccc1)(c1ccccc1)c1ccccc1.O[Si](c1ccccc1)(c1ccccc1)c1ccccc1.[Zr]. The number of hydrogen-bond acceptors (Lipinski definition) is 4. The van der Waals surface area contributed by atoms with E-state index >= 15 is 0 Å². The summed E-state index contributed by atoms with van der Waals surface area (Å²) in [6.45, 7) is 4.79. The average molecular weight is 792 g/mol. The second-order valence-electron chi connectivity index (χ2n) is 11.8. The Morgan fingerprint density at radius 3 is 0.588 bits per heavy atom. The van der Waals surface area contributed by atoms with E-state index in [-0.39, 0.29) is 26.2 Å². The Kier molecular flexibility index (Phi) is 21.1. The summed E-state index contributed by atoms with van der Waals surface area (Å²) in [4.78, 5) is 23.1. The van der Waals surface area contributed by atoms with E-state index in [1.807, 2.05) is 182 Å². The summed E-state index contributed by atoms with van der Waals surface area (Å²) in [7, 11) is -5.76. The molecule has 0 unspecified atom stereocenters. The molecule has 6 aromatic rings. The van der Waals surface area contributed by atoms with Gasteiger partial charge in [-0.1, -0.05) is 209 Å². The Bertz CT molecular complexity index is 1370. The second kappa shape index (κ2) is 24.6. The van der Waals surface area contributed by atoms with E-state index < -0.39 is 16.6 Å². The van der Waals surface area contributed by atoms with Gasteiger partial charge in [0.05, 0.1) is 0 Å². The first-order valence-electron chi connectivity index (χ1n) is 17.5. The first kappa shape index (κ1) is 43.6. The maximum atomic E-state index is 11.6. The van der Waals surface area contributed by atoms with Gasteiger partial charge < -0.3 is 19.8 Å². The molecule has 0 aliphatic rings. The van der Waals surface area contributed by atoms with Crippen LogP contribution in [0.2, 0.25) is 0 Å². The molecule has 0 aliphatic carbocycles. The second-order valence-corrected chi connectivity index (χ2v) is 18.1. The number of aliphatic hydroxyl groups is 2. The molecule has 0 heterocycles. The number of unbranched alkanes of at least 4 members (excludes halogenated alkanes) is 2. The summed E-state index contributed by atoms with van der Waals surface area (Å²) in [6, 6.07) is 59.9. The van der Waals surface area contributed by atoms with Crippen molar-refractivity contribution in [3.63, 3.8) is 0 Å². The van der Waals surface area contributed by atoms with Gasteiger partial charge in [0.25, 0.3) is 16.6 Å². The number of aliphatic hydroxyl groups excluding tert-OH is 2. The smallest absolute Gasteiger partial charge is 0.285 e. The molecule has 0 radical (unpaired) electrons. The van der Waals surface area contributed by atoms with E-state index in [9.17, 15) is 9.59 Å². The Morgan fingerprint density at radius 1 is 0.333 bits per heavy atom. The van der Waals surface area contributed by atoms with Crippen molar-refractivity contribution in [3.05, 3.63) is 182 Å². The molecular formula is C44H52O4Si2Zr. The van der Waals surface area contributed by atoms with E-state index in [0.29, 0.717) is 13.2 Å². The molecule has 4 nitrogen and oxygen atoms in total. The van der Waals surface area contributed by atoms with E-state index in [0.717, 1.165) is 56.8 Å². The minimum Gasteiger partial charge on any atom is -0.421 e. The molecule has 0 spiro atoms. The molecule has 6 rings (SSSR count). The van der Waals surface area contributed by atoms with Gasteiger partial charge in [-0.3, -0.25) is 0 Å². The van der Waals surface area contributed by atoms with Crippen molar-refractivity contribution in [3.8, 4) is 0 Å². The minimum atomic E-state index is -2.88. The Morgan fingerprint density at radius 2 is 0.490 bits per heavy atom. The molecule has 51 heavy (non-hydrogen) atoms. The van der Waals surface area contributed by atoms with Gasteiger partial charge in [0.2, 0.25) is 0 Å². The predicted octanol–water partition coefficient (Wildman–Crippen LogP) is 4.85. The zero-order chi connectivity index (χ0) is 35.9. The zero-order valence-electron chi connectivity index (χ0n) is 29.9. The van der Waals surface area contributed by atoms with Crippen molar-refractivity contribution in [2.24, 2.45) is 0 Å². The molecule has 0 bridgehead atoms. The third-order valence-electron chi connectivity index (χ3n) is 8.17. The first-order chi connectivity index (χ1) is 24.5. The molecule has 7 heteroatoms. The number of rotatable bonds is 10. The molecule has 0 aliphatic heterocycles. The van der Waals surface area contributed by atoms with Gasteiger partial charge in [0.15, 0.2) is 0 Å². The standard InChI is InChI=1S/2C18H16OSi.2C4H10O.Zr/c2*19-20(16-10-4-1-5-11-16,17-12-6-2-7-13-17)18-14-8-3-9-15-18;2*1-2-3-4-5;/h2*1-15,19H;2*5H,2-4H2,1H3;. The van der Waals surface area contributed by atoms with Crippen LogP contribution in [0.1, 0.15) is 39.5 Å². The molecule has 6 aromatic carbocycles. The molecular weight excluding hydrogens is 740 g/mol. The van der Waals surface area contributed by atoms with Crippen molar-refractivity contribution in [2.75, 3.05) is 13.2 Å². The maximum Gasteiger partial charge on any atom is 0.285 e. The van der Waals surface area contributed by atoms with Gasteiger partial charge in [-0.2, -0.15) is 0 Å². The van der Waals surface area contributed by atoms with Gasteiger partial charge in [-0.15, -0.1) is 0 Å². The van der Waals surface area contributed by atoms with Crippen LogP contribution in [-0.2, 0) is 26.2 Å². The summed E-state index contributed by atoms with van der Waals surface area (Å²) in [5, 5.41) is 22.2. The summed E-state index contributed by atoms with van der Waals surface area (Å²) in [6.07, 6.45) is 4.08. The van der Waals surface area contributed by atoms with Crippen molar-refractivity contribution in [1.29, 1.82) is 0 Å². The van der Waals surface area contributed by atoms with Crippen LogP contribution in [0.4, 0.5) is 0 Å². The molecule has 0 amide bonds. The Labute approximate surface area is 326 Å². The monoisotopic (exact) mass is 790 g/mol. The largest absolute Gasteiger partial charge is 0.421 e. The van der Waals surface area contributed by atoms with Crippen molar-refractivity contribution < 1.29 is 46.0 Å². The topological polar surface area (TPSA) is 80.9 Å². The van der Waals surface area contributed by atoms with Crippen LogP contribution < -0.4 is 31.1 Å². The number of hydrogen-bond donors (Lipinski definition) is 4. The Balaban J connectivity index is 0.000000276. The summed E-state index contributed by atoms with van der Waals surface area (Å²) in [5.74, 6) is 0. The van der Waals surface area contributed by atoms with Crippen LogP contribution in [-0.4, -0.2) is 49.7 Å². The van der Waals surface area contributed by atoms with Crippen LogP contribution >= 0.6 is 0 Å². The van der Waals surface area contributed by atoms with Gasteiger partial charge >= 0.3 is 0 Å². The average Bonchev–Trinajstić information content (AvgIpc) is 3.20. The first-order valence-corrected chi connectivity index (χ1v) is 21.4. The normalized spacial score (nSPS) is 10.5.